The maximum atomic E-state index is 10.3. The van der Waals surface area contributed by atoms with Crippen LogP contribution in [0.1, 0.15) is 35.7 Å². The normalized spacial score (nSPS) is 26.2. The van der Waals surface area contributed by atoms with E-state index in [9.17, 15) is 25.5 Å². The van der Waals surface area contributed by atoms with Crippen molar-refractivity contribution in [1.29, 1.82) is 0 Å². The number of ether oxygens (including phenoxy) is 2. The predicted molar refractivity (Wildman–Crippen MR) is 112 cm³/mol. The number of aryl methyl sites for hydroxylation is 2. The molecule has 3 rings (SSSR count). The molecule has 1 aromatic heterocycles. The molecule has 1 aliphatic heterocycles. The van der Waals surface area contributed by atoms with Crippen molar-refractivity contribution < 1.29 is 35.0 Å². The first kappa shape index (κ1) is 23.6. The molecule has 0 aliphatic carbocycles. The van der Waals surface area contributed by atoms with Crippen LogP contribution in [0.5, 0.6) is 5.88 Å². The van der Waals surface area contributed by atoms with Crippen molar-refractivity contribution in [1.82, 2.24) is 9.78 Å². The zero-order chi connectivity index (χ0) is 22.5. The molecule has 5 N–H and O–H groups in total. The molecular formula is C22H32N2O7. The van der Waals surface area contributed by atoms with Crippen molar-refractivity contribution in [2.45, 2.75) is 70.4 Å². The van der Waals surface area contributed by atoms with Gasteiger partial charge < -0.3 is 35.0 Å². The number of rotatable bonds is 9. The van der Waals surface area contributed by atoms with Gasteiger partial charge in [-0.25, -0.2) is 0 Å². The van der Waals surface area contributed by atoms with E-state index in [1.54, 1.807) is 4.68 Å². The van der Waals surface area contributed by atoms with Gasteiger partial charge in [-0.15, -0.1) is 5.10 Å². The lowest BCUT2D eigenvalue weighted by Gasteiger charge is -2.39. The van der Waals surface area contributed by atoms with Crippen LogP contribution in [0.25, 0.3) is 0 Å². The highest BCUT2D eigenvalue weighted by Crippen LogP contribution is 2.29. The maximum absolute atomic E-state index is 10.3. The van der Waals surface area contributed by atoms with Gasteiger partial charge in [0.05, 0.1) is 6.61 Å². The topological polar surface area (TPSA) is 137 Å². The predicted octanol–water partition coefficient (Wildman–Crippen LogP) is -0.0942. The summed E-state index contributed by atoms with van der Waals surface area (Å²) in [5.74, 6) is 0.235. The molecular weight excluding hydrogens is 404 g/mol. The molecule has 5 atom stereocenters. The van der Waals surface area contributed by atoms with Crippen LogP contribution in [-0.2, 0) is 24.1 Å². The van der Waals surface area contributed by atoms with E-state index < -0.39 is 37.3 Å². The van der Waals surface area contributed by atoms with E-state index in [1.165, 1.54) is 5.56 Å². The summed E-state index contributed by atoms with van der Waals surface area (Å²) in [6.45, 7) is 3.97. The van der Waals surface area contributed by atoms with Gasteiger partial charge in [-0.2, -0.15) is 0 Å². The van der Waals surface area contributed by atoms with Gasteiger partial charge in [-0.05, 0) is 30.9 Å². The first-order valence-electron chi connectivity index (χ1n) is 10.6. The Labute approximate surface area is 181 Å². The van der Waals surface area contributed by atoms with Crippen LogP contribution >= 0.6 is 0 Å². The summed E-state index contributed by atoms with van der Waals surface area (Å²) >= 11 is 0. The summed E-state index contributed by atoms with van der Waals surface area (Å²) in [6.07, 6.45) is -4.88. The molecule has 1 aromatic carbocycles. The number of nitrogens with zero attached hydrogens (tertiary/aromatic N) is 2. The van der Waals surface area contributed by atoms with Crippen molar-refractivity contribution in [3.63, 3.8) is 0 Å². The fourth-order valence-corrected chi connectivity index (χ4v) is 3.66. The van der Waals surface area contributed by atoms with Crippen molar-refractivity contribution in [3.05, 3.63) is 46.6 Å². The van der Waals surface area contributed by atoms with E-state index in [2.05, 4.69) is 24.2 Å². The van der Waals surface area contributed by atoms with E-state index in [-0.39, 0.29) is 12.5 Å². The number of hydrogen-bond acceptors (Lipinski definition) is 8. The van der Waals surface area contributed by atoms with Gasteiger partial charge in [0.15, 0.2) is 0 Å². The third-order valence-corrected chi connectivity index (χ3v) is 5.71. The molecule has 1 saturated heterocycles. The van der Waals surface area contributed by atoms with Gasteiger partial charge in [0.2, 0.25) is 12.2 Å². The second-order valence-corrected chi connectivity index (χ2v) is 7.83. The summed E-state index contributed by atoms with van der Waals surface area (Å²) in [7, 11) is 0. The lowest BCUT2D eigenvalue weighted by Crippen LogP contribution is -2.60. The molecule has 31 heavy (non-hydrogen) atoms. The molecule has 0 saturated carbocycles. The van der Waals surface area contributed by atoms with Gasteiger partial charge in [0, 0.05) is 30.8 Å². The Hall–Kier alpha value is -2.01. The minimum atomic E-state index is -1.53. The molecule has 0 amide bonds. The maximum Gasteiger partial charge on any atom is 0.239 e. The van der Waals surface area contributed by atoms with E-state index in [0.717, 1.165) is 23.2 Å². The fraction of sp³-hybridized carbons (Fsp3) is 0.591. The van der Waals surface area contributed by atoms with Gasteiger partial charge >= 0.3 is 0 Å². The molecule has 0 radical (unpaired) electrons. The summed E-state index contributed by atoms with van der Waals surface area (Å²) < 4.78 is 13.1. The lowest BCUT2D eigenvalue weighted by atomic mass is 9.99. The standard InChI is InChI=1S/C22H32N2O7/c1-3-14-5-7-15(8-6-14)11-16-13(2)24(9-4-10-25)23-21(16)31-22-20(29)19(28)18(27)17(12-26)30-22/h5-8,17-20,22,25-29H,3-4,9-12H2,1-2H3/t17-,18-,19+,20-,22?/m1/s1. The third-order valence-electron chi connectivity index (χ3n) is 5.71. The summed E-state index contributed by atoms with van der Waals surface area (Å²) in [4.78, 5) is 0. The van der Waals surface area contributed by atoms with Gasteiger partial charge in [0.1, 0.15) is 24.4 Å². The Balaban J connectivity index is 1.88. The second kappa shape index (κ2) is 10.5. The fourth-order valence-electron chi connectivity index (χ4n) is 3.66. The van der Waals surface area contributed by atoms with E-state index in [1.807, 2.05) is 19.1 Å². The number of benzene rings is 1. The minimum absolute atomic E-state index is 0.0238. The molecule has 2 aromatic rings. The summed E-state index contributed by atoms with van der Waals surface area (Å²) in [5.41, 5.74) is 3.93. The zero-order valence-corrected chi connectivity index (χ0v) is 17.9. The Morgan fingerprint density at radius 3 is 2.32 bits per heavy atom. The smallest absolute Gasteiger partial charge is 0.239 e. The largest absolute Gasteiger partial charge is 0.443 e. The second-order valence-electron chi connectivity index (χ2n) is 7.83. The van der Waals surface area contributed by atoms with E-state index in [4.69, 9.17) is 9.47 Å². The molecule has 0 spiro atoms. The van der Waals surface area contributed by atoms with E-state index in [0.29, 0.717) is 19.4 Å². The molecule has 1 fully saturated rings. The highest BCUT2D eigenvalue weighted by Gasteiger charge is 2.45. The number of aliphatic hydroxyl groups excluding tert-OH is 5. The van der Waals surface area contributed by atoms with Gasteiger partial charge in [-0.3, -0.25) is 4.68 Å². The molecule has 1 unspecified atom stereocenters. The Kier molecular flexibility index (Phi) is 8.04. The lowest BCUT2D eigenvalue weighted by molar-refractivity contribution is -0.278. The van der Waals surface area contributed by atoms with Crippen LogP contribution in [0.2, 0.25) is 0 Å². The Morgan fingerprint density at radius 1 is 1.03 bits per heavy atom. The number of aliphatic hydroxyl groups is 5. The molecule has 2 heterocycles. The highest BCUT2D eigenvalue weighted by atomic mass is 16.7. The van der Waals surface area contributed by atoms with Crippen LogP contribution in [0.3, 0.4) is 0 Å². The third kappa shape index (κ3) is 5.25. The zero-order valence-electron chi connectivity index (χ0n) is 17.9. The van der Waals surface area contributed by atoms with Crippen molar-refractivity contribution >= 4 is 0 Å². The van der Waals surface area contributed by atoms with Crippen molar-refractivity contribution in [2.24, 2.45) is 0 Å². The molecule has 9 heteroatoms. The van der Waals surface area contributed by atoms with Gasteiger partial charge in [-0.1, -0.05) is 31.2 Å². The summed E-state index contributed by atoms with van der Waals surface area (Å²) in [6, 6.07) is 8.22. The number of hydrogen-bond donors (Lipinski definition) is 5. The monoisotopic (exact) mass is 436 g/mol. The molecule has 172 valence electrons. The Morgan fingerprint density at radius 2 is 1.71 bits per heavy atom. The average molecular weight is 437 g/mol. The average Bonchev–Trinajstić information content (AvgIpc) is 3.07. The van der Waals surface area contributed by atoms with Crippen LogP contribution in [0, 0.1) is 6.92 Å². The quantitative estimate of drug-likeness (QED) is 0.368. The van der Waals surface area contributed by atoms with Crippen molar-refractivity contribution in [3.8, 4) is 5.88 Å². The van der Waals surface area contributed by atoms with Crippen LogP contribution in [-0.4, -0.2) is 79.2 Å². The van der Waals surface area contributed by atoms with E-state index >= 15 is 0 Å². The van der Waals surface area contributed by atoms with Crippen LogP contribution in [0.15, 0.2) is 24.3 Å². The SMILES string of the molecule is CCc1ccc(Cc2c(OC3O[C@H](CO)[C@@H](O)[C@H](O)[C@H]3O)nn(CCCO)c2C)cc1. The highest BCUT2D eigenvalue weighted by molar-refractivity contribution is 5.37. The molecule has 9 nitrogen and oxygen atoms in total. The minimum Gasteiger partial charge on any atom is -0.443 e. The van der Waals surface area contributed by atoms with Crippen LogP contribution < -0.4 is 4.74 Å². The van der Waals surface area contributed by atoms with Crippen molar-refractivity contribution in [2.75, 3.05) is 13.2 Å². The van der Waals surface area contributed by atoms with Gasteiger partial charge in [0.25, 0.3) is 0 Å². The van der Waals surface area contributed by atoms with Crippen LogP contribution in [0.4, 0.5) is 0 Å². The summed E-state index contributed by atoms with van der Waals surface area (Å²) in [5, 5.41) is 53.4. The first-order valence-corrected chi connectivity index (χ1v) is 10.6. The number of aromatic nitrogens is 2. The first-order chi connectivity index (χ1) is 14.9. The Bertz CT molecular complexity index is 837. The molecule has 1 aliphatic rings. The molecule has 0 bridgehead atoms.